The Hall–Kier alpha value is -3.15. The van der Waals surface area contributed by atoms with Crippen LogP contribution in [-0.4, -0.2) is 52.6 Å². The van der Waals surface area contributed by atoms with E-state index in [0.717, 1.165) is 29.2 Å². The molecule has 0 spiro atoms. The molecular formula is C21H19F6NO5. The number of carbonyl (C=O) groups is 1. The van der Waals surface area contributed by atoms with Gasteiger partial charge in [-0.3, -0.25) is 0 Å². The topological polar surface area (TPSA) is 79.2 Å². The van der Waals surface area contributed by atoms with Gasteiger partial charge in [-0.25, -0.2) is 4.79 Å². The molecule has 2 aromatic rings. The molecule has 0 bridgehead atoms. The number of ether oxygens (including phenoxy) is 2. The van der Waals surface area contributed by atoms with Gasteiger partial charge in [0.25, 0.3) is 0 Å². The van der Waals surface area contributed by atoms with Crippen molar-refractivity contribution < 1.29 is 50.8 Å². The summed E-state index contributed by atoms with van der Waals surface area (Å²) in [6.45, 7) is 0.0136. The van der Waals surface area contributed by atoms with Gasteiger partial charge in [-0.2, -0.15) is 0 Å². The molecule has 2 aromatic carbocycles. The van der Waals surface area contributed by atoms with Gasteiger partial charge in [0.15, 0.2) is 0 Å². The Bertz CT molecular complexity index is 892. The minimum Gasteiger partial charge on any atom is -0.465 e. The molecule has 0 atom stereocenters. The molecular weight excluding hydrogens is 460 g/mol. The number of hydrogen-bond donors (Lipinski definition) is 2. The summed E-state index contributed by atoms with van der Waals surface area (Å²) in [5.74, 6) is -1.83. The molecule has 0 aliphatic carbocycles. The van der Waals surface area contributed by atoms with Crippen molar-refractivity contribution >= 4 is 6.09 Å². The quantitative estimate of drug-likeness (QED) is 0.582. The van der Waals surface area contributed by atoms with Crippen LogP contribution in [0.1, 0.15) is 29.9 Å². The number of amides is 1. The molecule has 1 aliphatic heterocycles. The molecule has 180 valence electrons. The Labute approximate surface area is 183 Å². The second kappa shape index (κ2) is 9.00. The molecule has 33 heavy (non-hydrogen) atoms. The molecule has 0 unspecified atom stereocenters. The fourth-order valence-electron chi connectivity index (χ4n) is 3.91. The van der Waals surface area contributed by atoms with Crippen molar-refractivity contribution in [3.05, 3.63) is 59.7 Å². The number of aliphatic hydroxyl groups is 1. The zero-order valence-electron chi connectivity index (χ0n) is 16.9. The summed E-state index contributed by atoms with van der Waals surface area (Å²) >= 11 is 0. The smallest absolute Gasteiger partial charge is 0.465 e. The number of alkyl halides is 6. The lowest BCUT2D eigenvalue weighted by molar-refractivity contribution is -0.275. The number of benzene rings is 2. The van der Waals surface area contributed by atoms with E-state index in [-0.39, 0.29) is 25.9 Å². The highest BCUT2D eigenvalue weighted by Crippen LogP contribution is 2.42. The summed E-state index contributed by atoms with van der Waals surface area (Å²) in [4.78, 5) is 12.3. The SMILES string of the molecule is O=C(O)N1CCC(O)(C(c2ccc(OC(F)(F)F)cc2)c2ccc(OC(F)(F)F)cc2)CC1. The number of halogens is 6. The van der Waals surface area contributed by atoms with E-state index in [1.54, 1.807) is 0 Å². The molecule has 1 aliphatic rings. The third-order valence-electron chi connectivity index (χ3n) is 5.33. The fourth-order valence-corrected chi connectivity index (χ4v) is 3.91. The number of likely N-dealkylation sites (tertiary alicyclic amines) is 1. The summed E-state index contributed by atoms with van der Waals surface area (Å²) in [5.41, 5.74) is -0.759. The van der Waals surface area contributed by atoms with Crippen LogP contribution in [0.3, 0.4) is 0 Å². The Morgan fingerprint density at radius 2 is 1.18 bits per heavy atom. The zero-order valence-corrected chi connectivity index (χ0v) is 16.9. The van der Waals surface area contributed by atoms with E-state index >= 15 is 0 Å². The Morgan fingerprint density at radius 3 is 1.48 bits per heavy atom. The van der Waals surface area contributed by atoms with Crippen molar-refractivity contribution in [2.45, 2.75) is 37.1 Å². The summed E-state index contributed by atoms with van der Waals surface area (Å²) in [5, 5.41) is 20.6. The van der Waals surface area contributed by atoms with Gasteiger partial charge in [-0.15, -0.1) is 26.3 Å². The van der Waals surface area contributed by atoms with Gasteiger partial charge in [0, 0.05) is 19.0 Å². The van der Waals surface area contributed by atoms with Crippen molar-refractivity contribution in [1.29, 1.82) is 0 Å². The second-order valence-electron chi connectivity index (χ2n) is 7.54. The molecule has 3 rings (SSSR count). The van der Waals surface area contributed by atoms with Crippen molar-refractivity contribution in [3.63, 3.8) is 0 Å². The van der Waals surface area contributed by atoms with E-state index in [9.17, 15) is 36.2 Å². The Kier molecular flexibility index (Phi) is 6.68. The first-order valence-electron chi connectivity index (χ1n) is 9.67. The number of rotatable bonds is 5. The van der Waals surface area contributed by atoms with Crippen LogP contribution in [0.2, 0.25) is 0 Å². The van der Waals surface area contributed by atoms with Gasteiger partial charge in [-0.05, 0) is 48.2 Å². The largest absolute Gasteiger partial charge is 0.573 e. The number of carboxylic acid groups (broad SMARTS) is 1. The van der Waals surface area contributed by atoms with Gasteiger partial charge < -0.3 is 24.6 Å². The summed E-state index contributed by atoms with van der Waals surface area (Å²) < 4.78 is 82.5. The third-order valence-corrected chi connectivity index (χ3v) is 5.33. The fraction of sp³-hybridized carbons (Fsp3) is 0.381. The highest BCUT2D eigenvalue weighted by atomic mass is 19.4. The predicted molar refractivity (Wildman–Crippen MR) is 102 cm³/mol. The first-order valence-corrected chi connectivity index (χ1v) is 9.67. The van der Waals surface area contributed by atoms with Crippen LogP contribution in [0.4, 0.5) is 31.1 Å². The Morgan fingerprint density at radius 1 is 0.818 bits per heavy atom. The van der Waals surface area contributed by atoms with E-state index in [1.165, 1.54) is 24.3 Å². The maximum atomic E-state index is 12.5. The lowest BCUT2D eigenvalue weighted by atomic mass is 9.72. The summed E-state index contributed by atoms with van der Waals surface area (Å²) in [6, 6.07) is 9.50. The van der Waals surface area contributed by atoms with Crippen LogP contribution in [0.15, 0.2) is 48.5 Å². The van der Waals surface area contributed by atoms with Crippen LogP contribution in [0.5, 0.6) is 11.5 Å². The highest BCUT2D eigenvalue weighted by Gasteiger charge is 2.42. The van der Waals surface area contributed by atoms with Crippen LogP contribution >= 0.6 is 0 Å². The van der Waals surface area contributed by atoms with E-state index in [1.807, 2.05) is 0 Å². The molecule has 0 saturated carbocycles. The molecule has 1 fully saturated rings. The van der Waals surface area contributed by atoms with Crippen LogP contribution in [0.25, 0.3) is 0 Å². The monoisotopic (exact) mass is 479 g/mol. The molecule has 6 nitrogen and oxygen atoms in total. The third kappa shape index (κ3) is 6.44. The number of hydrogen-bond acceptors (Lipinski definition) is 4. The second-order valence-corrected chi connectivity index (χ2v) is 7.54. The van der Waals surface area contributed by atoms with Gasteiger partial charge in [0.1, 0.15) is 11.5 Å². The summed E-state index contributed by atoms with van der Waals surface area (Å²) in [6.07, 6.45) is -10.9. The van der Waals surface area contributed by atoms with Crippen LogP contribution in [-0.2, 0) is 0 Å². The minimum absolute atomic E-state index is 0.00553. The van der Waals surface area contributed by atoms with Crippen LogP contribution < -0.4 is 9.47 Å². The van der Waals surface area contributed by atoms with Crippen molar-refractivity contribution in [3.8, 4) is 11.5 Å². The molecule has 1 amide bonds. The molecule has 1 heterocycles. The van der Waals surface area contributed by atoms with Gasteiger partial charge in [0.2, 0.25) is 0 Å². The molecule has 1 saturated heterocycles. The average Bonchev–Trinajstić information content (AvgIpc) is 2.69. The van der Waals surface area contributed by atoms with E-state index in [2.05, 4.69) is 9.47 Å². The maximum Gasteiger partial charge on any atom is 0.573 e. The van der Waals surface area contributed by atoms with Crippen molar-refractivity contribution in [1.82, 2.24) is 4.90 Å². The van der Waals surface area contributed by atoms with Gasteiger partial charge >= 0.3 is 18.8 Å². The number of piperidine rings is 1. The van der Waals surface area contributed by atoms with Crippen LogP contribution in [0, 0.1) is 0 Å². The number of nitrogens with zero attached hydrogens (tertiary/aromatic N) is 1. The van der Waals surface area contributed by atoms with Crippen molar-refractivity contribution in [2.24, 2.45) is 0 Å². The Balaban J connectivity index is 1.94. The molecule has 0 radical (unpaired) electrons. The average molecular weight is 479 g/mol. The maximum absolute atomic E-state index is 12.5. The van der Waals surface area contributed by atoms with Gasteiger partial charge in [0.05, 0.1) is 5.60 Å². The zero-order chi connectivity index (χ0) is 24.4. The van der Waals surface area contributed by atoms with Crippen molar-refractivity contribution in [2.75, 3.05) is 13.1 Å². The highest BCUT2D eigenvalue weighted by molar-refractivity contribution is 5.65. The van der Waals surface area contributed by atoms with Gasteiger partial charge in [-0.1, -0.05) is 24.3 Å². The lowest BCUT2D eigenvalue weighted by Gasteiger charge is -2.42. The lowest BCUT2D eigenvalue weighted by Crippen LogP contribution is -2.49. The molecule has 2 N–H and O–H groups in total. The molecule has 12 heteroatoms. The minimum atomic E-state index is -4.89. The normalized spacial score (nSPS) is 16.5. The van der Waals surface area contributed by atoms with E-state index in [4.69, 9.17) is 5.11 Å². The predicted octanol–water partition coefficient (Wildman–Crippen LogP) is 5.12. The van der Waals surface area contributed by atoms with E-state index < -0.39 is 41.8 Å². The first-order chi connectivity index (χ1) is 15.3. The first kappa shape index (κ1) is 24.5. The standard InChI is InChI=1S/C21H19F6NO5/c22-20(23,24)32-15-5-1-13(2-6-15)17(19(31)9-11-28(12-10-19)18(29)30)14-3-7-16(8-4-14)33-21(25,26)27/h1-8,17,31H,9-12H2,(H,29,30). The summed E-state index contributed by atoms with van der Waals surface area (Å²) in [7, 11) is 0. The van der Waals surface area contributed by atoms with E-state index in [0.29, 0.717) is 11.1 Å². The molecule has 0 aromatic heterocycles.